The SMILES string of the molecule is CC1CC1CN(C)C(=O)Nc1c(Br)cccc1C(=O)O. The van der Waals surface area contributed by atoms with Crippen LogP contribution >= 0.6 is 15.9 Å². The zero-order valence-corrected chi connectivity index (χ0v) is 13.0. The van der Waals surface area contributed by atoms with Gasteiger partial charge in [0.2, 0.25) is 0 Å². The molecule has 1 aromatic rings. The summed E-state index contributed by atoms with van der Waals surface area (Å²) < 4.78 is 0.555. The van der Waals surface area contributed by atoms with Gasteiger partial charge in [0, 0.05) is 18.1 Å². The summed E-state index contributed by atoms with van der Waals surface area (Å²) in [5, 5.41) is 11.8. The van der Waals surface area contributed by atoms with Crippen LogP contribution in [0.1, 0.15) is 23.7 Å². The van der Waals surface area contributed by atoms with Crippen LogP contribution in [0.5, 0.6) is 0 Å². The van der Waals surface area contributed by atoms with E-state index in [1.165, 1.54) is 6.07 Å². The van der Waals surface area contributed by atoms with Crippen LogP contribution in [0.4, 0.5) is 10.5 Å². The molecule has 2 unspecified atom stereocenters. The number of carbonyl (C=O) groups excluding carboxylic acids is 1. The van der Waals surface area contributed by atoms with Crippen molar-refractivity contribution in [2.45, 2.75) is 13.3 Å². The van der Waals surface area contributed by atoms with Crippen LogP contribution in [-0.2, 0) is 0 Å². The largest absolute Gasteiger partial charge is 0.478 e. The number of carboxylic acid groups (broad SMARTS) is 1. The standard InChI is InChI=1S/C14H17BrN2O3/c1-8-6-9(8)7-17(2)14(20)16-12-10(13(18)19)4-3-5-11(12)15/h3-5,8-9H,6-7H2,1-2H3,(H,16,20)(H,18,19). The smallest absolute Gasteiger partial charge is 0.337 e. The first kappa shape index (κ1) is 14.8. The van der Waals surface area contributed by atoms with Gasteiger partial charge >= 0.3 is 12.0 Å². The van der Waals surface area contributed by atoms with Gasteiger partial charge in [-0.2, -0.15) is 0 Å². The number of hydrogen-bond donors (Lipinski definition) is 2. The van der Waals surface area contributed by atoms with Crippen LogP contribution in [0.25, 0.3) is 0 Å². The van der Waals surface area contributed by atoms with Gasteiger partial charge in [0.05, 0.1) is 11.3 Å². The summed E-state index contributed by atoms with van der Waals surface area (Å²) >= 11 is 3.27. The molecule has 5 nitrogen and oxygen atoms in total. The molecule has 0 radical (unpaired) electrons. The number of amides is 2. The maximum atomic E-state index is 12.1. The fraction of sp³-hybridized carbons (Fsp3) is 0.429. The van der Waals surface area contributed by atoms with Crippen molar-refractivity contribution in [2.75, 3.05) is 18.9 Å². The number of aromatic carboxylic acids is 1. The summed E-state index contributed by atoms with van der Waals surface area (Å²) in [6.45, 7) is 2.85. The summed E-state index contributed by atoms with van der Waals surface area (Å²) in [7, 11) is 1.72. The fourth-order valence-corrected chi connectivity index (χ4v) is 2.59. The van der Waals surface area contributed by atoms with Crippen molar-refractivity contribution >= 4 is 33.6 Å². The predicted molar refractivity (Wildman–Crippen MR) is 80.0 cm³/mol. The van der Waals surface area contributed by atoms with Crippen LogP contribution in [-0.4, -0.2) is 35.6 Å². The van der Waals surface area contributed by atoms with Crippen molar-refractivity contribution in [3.63, 3.8) is 0 Å². The van der Waals surface area contributed by atoms with Gasteiger partial charge in [0.15, 0.2) is 0 Å². The van der Waals surface area contributed by atoms with E-state index < -0.39 is 5.97 Å². The van der Waals surface area contributed by atoms with E-state index >= 15 is 0 Å². The second kappa shape index (κ2) is 5.83. The predicted octanol–water partition coefficient (Wildman–Crippen LogP) is 3.27. The Balaban J connectivity index is 2.09. The van der Waals surface area contributed by atoms with E-state index in [1.54, 1.807) is 24.1 Å². The maximum Gasteiger partial charge on any atom is 0.337 e. The van der Waals surface area contributed by atoms with E-state index in [0.29, 0.717) is 28.5 Å². The first-order chi connectivity index (χ1) is 9.40. The molecule has 1 fully saturated rings. The van der Waals surface area contributed by atoms with E-state index in [4.69, 9.17) is 5.11 Å². The molecule has 2 rings (SSSR count). The van der Waals surface area contributed by atoms with Gasteiger partial charge in [-0.05, 0) is 46.3 Å². The topological polar surface area (TPSA) is 69.6 Å². The lowest BCUT2D eigenvalue weighted by Crippen LogP contribution is -2.33. The van der Waals surface area contributed by atoms with Gasteiger partial charge in [-0.25, -0.2) is 9.59 Å². The molecule has 1 saturated carbocycles. The molecule has 0 aromatic heterocycles. The Bertz CT molecular complexity index is 547. The third-order valence-electron chi connectivity index (χ3n) is 3.61. The van der Waals surface area contributed by atoms with E-state index in [9.17, 15) is 9.59 Å². The number of nitrogens with zero attached hydrogens (tertiary/aromatic N) is 1. The highest BCUT2D eigenvalue weighted by molar-refractivity contribution is 9.10. The molecule has 2 atom stereocenters. The number of benzene rings is 1. The fourth-order valence-electron chi connectivity index (χ4n) is 2.12. The summed E-state index contributed by atoms with van der Waals surface area (Å²) in [4.78, 5) is 24.9. The molecule has 108 valence electrons. The highest BCUT2D eigenvalue weighted by Crippen LogP contribution is 2.38. The molecule has 0 aliphatic heterocycles. The zero-order valence-electron chi connectivity index (χ0n) is 11.4. The minimum Gasteiger partial charge on any atom is -0.478 e. The zero-order chi connectivity index (χ0) is 14.9. The van der Waals surface area contributed by atoms with E-state index in [2.05, 4.69) is 28.2 Å². The van der Waals surface area contributed by atoms with Crippen molar-refractivity contribution in [1.82, 2.24) is 4.90 Å². The molecule has 1 aliphatic carbocycles. The molecular formula is C14H17BrN2O3. The second-order valence-corrected chi connectivity index (χ2v) is 6.11. The minimum atomic E-state index is -1.07. The Morgan fingerprint density at radius 2 is 2.15 bits per heavy atom. The summed E-state index contributed by atoms with van der Waals surface area (Å²) in [6.07, 6.45) is 1.15. The molecule has 0 heterocycles. The second-order valence-electron chi connectivity index (χ2n) is 5.25. The van der Waals surface area contributed by atoms with Crippen molar-refractivity contribution < 1.29 is 14.7 Å². The molecule has 0 bridgehead atoms. The van der Waals surface area contributed by atoms with Crippen molar-refractivity contribution in [1.29, 1.82) is 0 Å². The van der Waals surface area contributed by atoms with Gasteiger partial charge in [0.25, 0.3) is 0 Å². The number of hydrogen-bond acceptors (Lipinski definition) is 2. The average Bonchev–Trinajstić information content (AvgIpc) is 3.06. The normalized spacial score (nSPS) is 20.4. The molecule has 0 spiro atoms. The number of urea groups is 1. The first-order valence-electron chi connectivity index (χ1n) is 6.44. The van der Waals surface area contributed by atoms with Gasteiger partial charge < -0.3 is 15.3 Å². The Morgan fingerprint density at radius 3 is 2.70 bits per heavy atom. The lowest BCUT2D eigenvalue weighted by atomic mass is 10.2. The first-order valence-corrected chi connectivity index (χ1v) is 7.23. The molecule has 0 saturated heterocycles. The Kier molecular flexibility index (Phi) is 4.32. The van der Waals surface area contributed by atoms with Gasteiger partial charge in [-0.3, -0.25) is 0 Å². The number of anilines is 1. The maximum absolute atomic E-state index is 12.1. The minimum absolute atomic E-state index is 0.0703. The lowest BCUT2D eigenvalue weighted by molar-refractivity contribution is 0.0698. The highest BCUT2D eigenvalue weighted by atomic mass is 79.9. The monoisotopic (exact) mass is 340 g/mol. The number of halogens is 1. The van der Waals surface area contributed by atoms with E-state index in [0.717, 1.165) is 6.42 Å². The van der Waals surface area contributed by atoms with Gasteiger partial charge in [0.1, 0.15) is 0 Å². The molecule has 6 heteroatoms. The number of carboxylic acids is 1. The van der Waals surface area contributed by atoms with E-state index in [1.807, 2.05) is 0 Å². The molecule has 2 N–H and O–H groups in total. The number of rotatable bonds is 4. The van der Waals surface area contributed by atoms with Crippen molar-refractivity contribution in [2.24, 2.45) is 11.8 Å². The molecule has 1 aliphatic rings. The van der Waals surface area contributed by atoms with Crippen LogP contribution in [0.2, 0.25) is 0 Å². The summed E-state index contributed by atoms with van der Waals surface area (Å²) in [5.74, 6) is 0.160. The Hall–Kier alpha value is -1.56. The van der Waals surface area contributed by atoms with E-state index in [-0.39, 0.29) is 11.6 Å². The molecule has 1 aromatic carbocycles. The van der Waals surface area contributed by atoms with Crippen LogP contribution < -0.4 is 5.32 Å². The van der Waals surface area contributed by atoms with Crippen molar-refractivity contribution in [3.8, 4) is 0 Å². The van der Waals surface area contributed by atoms with Gasteiger partial charge in [-0.1, -0.05) is 13.0 Å². The lowest BCUT2D eigenvalue weighted by Gasteiger charge is -2.19. The number of carbonyl (C=O) groups is 2. The summed E-state index contributed by atoms with van der Waals surface area (Å²) in [5.41, 5.74) is 0.363. The molecule has 20 heavy (non-hydrogen) atoms. The van der Waals surface area contributed by atoms with Crippen LogP contribution in [0, 0.1) is 11.8 Å². The average molecular weight is 341 g/mol. The van der Waals surface area contributed by atoms with Crippen LogP contribution in [0.3, 0.4) is 0 Å². The van der Waals surface area contributed by atoms with Crippen molar-refractivity contribution in [3.05, 3.63) is 28.2 Å². The van der Waals surface area contributed by atoms with Crippen LogP contribution in [0.15, 0.2) is 22.7 Å². The summed E-state index contributed by atoms with van der Waals surface area (Å²) in [6, 6.07) is 4.49. The third-order valence-corrected chi connectivity index (χ3v) is 4.27. The highest BCUT2D eigenvalue weighted by Gasteiger charge is 2.34. The quantitative estimate of drug-likeness (QED) is 0.883. The Labute approximate surface area is 126 Å². The number of para-hydroxylation sites is 1. The molecule has 2 amide bonds. The molecular weight excluding hydrogens is 324 g/mol. The Morgan fingerprint density at radius 1 is 1.50 bits per heavy atom. The third kappa shape index (κ3) is 3.30. The van der Waals surface area contributed by atoms with Gasteiger partial charge in [-0.15, -0.1) is 0 Å². The number of nitrogens with one attached hydrogen (secondary N) is 1.